The Balaban J connectivity index is 2.05. The molecular formula is C12H25N. The van der Waals surface area contributed by atoms with E-state index in [4.69, 9.17) is 5.73 Å². The lowest BCUT2D eigenvalue weighted by atomic mass is 9.92. The van der Waals surface area contributed by atoms with E-state index in [-0.39, 0.29) is 0 Å². The van der Waals surface area contributed by atoms with Gasteiger partial charge in [0.25, 0.3) is 0 Å². The van der Waals surface area contributed by atoms with Gasteiger partial charge in [0, 0.05) is 6.04 Å². The van der Waals surface area contributed by atoms with Crippen LogP contribution >= 0.6 is 0 Å². The van der Waals surface area contributed by atoms with Gasteiger partial charge in [-0.15, -0.1) is 0 Å². The Morgan fingerprint density at radius 1 is 1.15 bits per heavy atom. The molecule has 1 rings (SSSR count). The Labute approximate surface area is 83.1 Å². The summed E-state index contributed by atoms with van der Waals surface area (Å²) in [4.78, 5) is 0. The van der Waals surface area contributed by atoms with Crippen LogP contribution in [0, 0.1) is 17.8 Å². The first kappa shape index (κ1) is 11.0. The number of hydrogen-bond donors (Lipinski definition) is 1. The predicted molar refractivity (Wildman–Crippen MR) is 58.6 cm³/mol. The highest BCUT2D eigenvalue weighted by molar-refractivity contribution is 4.84. The van der Waals surface area contributed by atoms with Crippen molar-refractivity contribution in [1.29, 1.82) is 0 Å². The van der Waals surface area contributed by atoms with Gasteiger partial charge in [0.05, 0.1) is 0 Å². The minimum Gasteiger partial charge on any atom is -0.327 e. The molecule has 1 heteroatoms. The lowest BCUT2D eigenvalue weighted by Gasteiger charge is -2.19. The average Bonchev–Trinajstić information content (AvgIpc) is 2.84. The molecule has 1 aliphatic carbocycles. The summed E-state index contributed by atoms with van der Waals surface area (Å²) in [6.07, 6.45) is 6.74. The van der Waals surface area contributed by atoms with Crippen LogP contribution in [0.2, 0.25) is 0 Å². The molecular weight excluding hydrogens is 158 g/mol. The van der Waals surface area contributed by atoms with E-state index < -0.39 is 0 Å². The lowest BCUT2D eigenvalue weighted by Crippen LogP contribution is -2.29. The third-order valence-electron chi connectivity index (χ3n) is 3.36. The third kappa shape index (κ3) is 4.12. The van der Waals surface area contributed by atoms with Crippen molar-refractivity contribution in [1.82, 2.24) is 0 Å². The second-order valence-corrected chi connectivity index (χ2v) is 5.19. The summed E-state index contributed by atoms with van der Waals surface area (Å²) < 4.78 is 0. The van der Waals surface area contributed by atoms with E-state index in [1.54, 1.807) is 0 Å². The van der Waals surface area contributed by atoms with Gasteiger partial charge >= 0.3 is 0 Å². The molecule has 2 N–H and O–H groups in total. The van der Waals surface area contributed by atoms with Crippen molar-refractivity contribution < 1.29 is 0 Å². The Bertz CT molecular complexity index is 138. The van der Waals surface area contributed by atoms with E-state index in [0.29, 0.717) is 6.04 Å². The lowest BCUT2D eigenvalue weighted by molar-refractivity contribution is 0.369. The first-order valence-electron chi connectivity index (χ1n) is 5.87. The summed E-state index contributed by atoms with van der Waals surface area (Å²) in [5.41, 5.74) is 6.14. The molecule has 0 spiro atoms. The van der Waals surface area contributed by atoms with E-state index in [1.807, 2.05) is 0 Å². The van der Waals surface area contributed by atoms with Crippen LogP contribution in [-0.2, 0) is 0 Å². The van der Waals surface area contributed by atoms with Crippen molar-refractivity contribution in [3.8, 4) is 0 Å². The van der Waals surface area contributed by atoms with Gasteiger partial charge in [0.15, 0.2) is 0 Å². The van der Waals surface area contributed by atoms with Crippen molar-refractivity contribution in [2.45, 2.75) is 58.9 Å². The Hall–Kier alpha value is -0.0400. The number of nitrogens with two attached hydrogens (primary N) is 1. The summed E-state index contributed by atoms with van der Waals surface area (Å²) in [5.74, 6) is 2.57. The maximum atomic E-state index is 6.14. The van der Waals surface area contributed by atoms with Crippen LogP contribution in [0.25, 0.3) is 0 Å². The molecule has 0 aromatic heterocycles. The molecule has 0 heterocycles. The Morgan fingerprint density at radius 2 is 1.77 bits per heavy atom. The number of hydrogen-bond acceptors (Lipinski definition) is 1. The Morgan fingerprint density at radius 3 is 2.23 bits per heavy atom. The quantitative estimate of drug-likeness (QED) is 0.672. The average molecular weight is 183 g/mol. The molecule has 0 amide bonds. The van der Waals surface area contributed by atoms with Crippen LogP contribution in [0.15, 0.2) is 0 Å². The maximum Gasteiger partial charge on any atom is 0.00671 e. The van der Waals surface area contributed by atoms with E-state index in [1.165, 1.54) is 32.1 Å². The van der Waals surface area contributed by atoms with Crippen LogP contribution in [0.4, 0.5) is 0 Å². The van der Waals surface area contributed by atoms with Gasteiger partial charge in [-0.3, -0.25) is 0 Å². The SMILES string of the molecule is CC(C)CCCC(N)C(C)C1CC1. The van der Waals surface area contributed by atoms with Gasteiger partial charge in [-0.2, -0.15) is 0 Å². The molecule has 1 saturated carbocycles. The monoisotopic (exact) mass is 183 g/mol. The summed E-state index contributed by atoms with van der Waals surface area (Å²) >= 11 is 0. The first-order valence-corrected chi connectivity index (χ1v) is 5.87. The fraction of sp³-hybridized carbons (Fsp3) is 1.00. The normalized spacial score (nSPS) is 21.9. The largest absolute Gasteiger partial charge is 0.327 e. The standard InChI is InChI=1S/C12H25N/c1-9(2)5-4-6-12(13)10(3)11-7-8-11/h9-12H,4-8,13H2,1-3H3. The van der Waals surface area contributed by atoms with Gasteiger partial charge in [0.2, 0.25) is 0 Å². The molecule has 1 nitrogen and oxygen atoms in total. The molecule has 0 saturated heterocycles. The molecule has 2 atom stereocenters. The highest BCUT2D eigenvalue weighted by Gasteiger charge is 2.31. The van der Waals surface area contributed by atoms with Crippen molar-refractivity contribution in [2.75, 3.05) is 0 Å². The van der Waals surface area contributed by atoms with Gasteiger partial charge < -0.3 is 5.73 Å². The van der Waals surface area contributed by atoms with Crippen molar-refractivity contribution in [3.05, 3.63) is 0 Å². The summed E-state index contributed by atoms with van der Waals surface area (Å²) in [6, 6.07) is 0.464. The second kappa shape index (κ2) is 4.99. The highest BCUT2D eigenvalue weighted by Crippen LogP contribution is 2.38. The van der Waals surface area contributed by atoms with Gasteiger partial charge in [-0.05, 0) is 37.0 Å². The number of rotatable bonds is 6. The van der Waals surface area contributed by atoms with E-state index in [2.05, 4.69) is 20.8 Å². The van der Waals surface area contributed by atoms with Crippen LogP contribution in [-0.4, -0.2) is 6.04 Å². The Kier molecular flexibility index (Phi) is 4.24. The van der Waals surface area contributed by atoms with Crippen LogP contribution in [0.1, 0.15) is 52.9 Å². The van der Waals surface area contributed by atoms with E-state index >= 15 is 0 Å². The summed E-state index contributed by atoms with van der Waals surface area (Å²) in [5, 5.41) is 0. The first-order chi connectivity index (χ1) is 6.11. The molecule has 0 aliphatic heterocycles. The smallest absolute Gasteiger partial charge is 0.00671 e. The molecule has 1 aliphatic rings. The van der Waals surface area contributed by atoms with Crippen LogP contribution in [0.3, 0.4) is 0 Å². The molecule has 0 aromatic rings. The minimum atomic E-state index is 0.464. The fourth-order valence-electron chi connectivity index (χ4n) is 2.00. The fourth-order valence-corrected chi connectivity index (χ4v) is 2.00. The summed E-state index contributed by atoms with van der Waals surface area (Å²) in [6.45, 7) is 6.91. The molecule has 13 heavy (non-hydrogen) atoms. The minimum absolute atomic E-state index is 0.464. The van der Waals surface area contributed by atoms with Gasteiger partial charge in [-0.1, -0.05) is 33.6 Å². The summed E-state index contributed by atoms with van der Waals surface area (Å²) in [7, 11) is 0. The molecule has 0 bridgehead atoms. The van der Waals surface area contributed by atoms with Crippen LogP contribution < -0.4 is 5.73 Å². The van der Waals surface area contributed by atoms with Crippen molar-refractivity contribution in [3.63, 3.8) is 0 Å². The van der Waals surface area contributed by atoms with Crippen molar-refractivity contribution >= 4 is 0 Å². The zero-order valence-electron chi connectivity index (χ0n) is 9.42. The highest BCUT2D eigenvalue weighted by atomic mass is 14.7. The van der Waals surface area contributed by atoms with Crippen LogP contribution in [0.5, 0.6) is 0 Å². The molecule has 1 fully saturated rings. The molecule has 2 unspecified atom stereocenters. The topological polar surface area (TPSA) is 26.0 Å². The second-order valence-electron chi connectivity index (χ2n) is 5.19. The van der Waals surface area contributed by atoms with Crippen molar-refractivity contribution in [2.24, 2.45) is 23.5 Å². The maximum absolute atomic E-state index is 6.14. The zero-order chi connectivity index (χ0) is 9.84. The predicted octanol–water partition coefficient (Wildman–Crippen LogP) is 3.19. The van der Waals surface area contributed by atoms with E-state index in [9.17, 15) is 0 Å². The molecule has 0 radical (unpaired) electrons. The van der Waals surface area contributed by atoms with Gasteiger partial charge in [0.1, 0.15) is 0 Å². The zero-order valence-corrected chi connectivity index (χ0v) is 9.42. The molecule has 78 valence electrons. The van der Waals surface area contributed by atoms with Gasteiger partial charge in [-0.25, -0.2) is 0 Å². The molecule has 0 aromatic carbocycles. The van der Waals surface area contributed by atoms with E-state index in [0.717, 1.165) is 17.8 Å². The third-order valence-corrected chi connectivity index (χ3v) is 3.36.